The lowest BCUT2D eigenvalue weighted by atomic mass is 10.0. The number of rotatable bonds is 11. The van der Waals surface area contributed by atoms with Gasteiger partial charge in [-0.3, -0.25) is 10.1 Å². The van der Waals surface area contributed by atoms with Crippen molar-refractivity contribution in [1.29, 1.82) is 0 Å². The number of methoxy groups -OCH3 is 1. The fourth-order valence-corrected chi connectivity index (χ4v) is 4.14. The predicted molar refractivity (Wildman–Crippen MR) is 87.1 cm³/mol. The van der Waals surface area contributed by atoms with Crippen LogP contribution < -0.4 is 9.63 Å². The Morgan fingerprint density at radius 3 is 2.12 bits per heavy atom. The molecular weight excluding hydrogens is 337 g/mol. The zero-order valence-corrected chi connectivity index (χ0v) is 14.9. The van der Waals surface area contributed by atoms with Crippen molar-refractivity contribution in [2.24, 2.45) is 0 Å². The Labute approximate surface area is 141 Å². The predicted octanol–water partition coefficient (Wildman–Crippen LogP) is 2.05. The highest BCUT2D eigenvalue weighted by Gasteiger charge is 2.30. The summed E-state index contributed by atoms with van der Waals surface area (Å²) in [5, 5.41) is 10.9. The van der Waals surface area contributed by atoms with E-state index in [1.165, 1.54) is 7.11 Å². The molecule has 0 saturated carbocycles. The van der Waals surface area contributed by atoms with Gasteiger partial charge in [-0.2, -0.15) is 0 Å². The van der Waals surface area contributed by atoms with Gasteiger partial charge in [0.1, 0.15) is 5.75 Å². The molecule has 0 aliphatic rings. The number of hydrogen-bond acceptors (Lipinski definition) is 7. The van der Waals surface area contributed by atoms with E-state index in [2.05, 4.69) is 0 Å². The third-order valence-corrected chi connectivity index (χ3v) is 5.26. The van der Waals surface area contributed by atoms with E-state index >= 15 is 0 Å². The van der Waals surface area contributed by atoms with E-state index in [0.717, 1.165) is 0 Å². The molecular formula is C15H23NO7P-. The van der Waals surface area contributed by atoms with E-state index in [1.807, 2.05) is 0 Å². The van der Waals surface area contributed by atoms with Crippen molar-refractivity contribution in [3.8, 4) is 5.75 Å². The second-order valence-electron chi connectivity index (χ2n) is 5.11. The van der Waals surface area contributed by atoms with Gasteiger partial charge >= 0.3 is 0 Å². The van der Waals surface area contributed by atoms with Crippen LogP contribution in [0.5, 0.6) is 5.75 Å². The lowest BCUT2D eigenvalue weighted by molar-refractivity contribution is -0.482. The number of nitrogens with zero attached hydrogens (tertiary/aromatic N) is 1. The molecule has 0 bridgehead atoms. The van der Waals surface area contributed by atoms with Crippen molar-refractivity contribution >= 4 is 7.37 Å². The van der Waals surface area contributed by atoms with Crippen LogP contribution in [-0.2, 0) is 14.0 Å². The van der Waals surface area contributed by atoms with Gasteiger partial charge in [-0.1, -0.05) is 12.1 Å². The van der Waals surface area contributed by atoms with Crippen LogP contribution in [-0.4, -0.2) is 44.0 Å². The Bertz CT molecular complexity index is 557. The minimum Gasteiger partial charge on any atom is -0.796 e. The number of benzene rings is 1. The van der Waals surface area contributed by atoms with Crippen molar-refractivity contribution in [3.05, 3.63) is 39.9 Å². The van der Waals surface area contributed by atoms with E-state index in [-0.39, 0.29) is 13.2 Å². The molecule has 1 rings (SSSR count). The van der Waals surface area contributed by atoms with Gasteiger partial charge in [0.2, 0.25) is 6.54 Å². The maximum Gasteiger partial charge on any atom is 0.211 e. The van der Waals surface area contributed by atoms with E-state index < -0.39 is 36.9 Å². The first kappa shape index (κ1) is 20.6. The van der Waals surface area contributed by atoms with E-state index in [0.29, 0.717) is 11.3 Å². The van der Waals surface area contributed by atoms with Crippen molar-refractivity contribution in [2.45, 2.75) is 25.8 Å². The molecule has 0 aliphatic heterocycles. The number of ether oxygens (including phenoxy) is 3. The lowest BCUT2D eigenvalue weighted by Gasteiger charge is -2.33. The third kappa shape index (κ3) is 6.20. The largest absolute Gasteiger partial charge is 0.796 e. The molecule has 2 unspecified atom stereocenters. The van der Waals surface area contributed by atoms with Crippen LogP contribution in [0, 0.1) is 10.1 Å². The molecule has 0 aliphatic carbocycles. The summed E-state index contributed by atoms with van der Waals surface area (Å²) in [5.74, 6) is -0.205. The van der Waals surface area contributed by atoms with Gasteiger partial charge in [0.05, 0.1) is 20.4 Å². The average Bonchev–Trinajstić information content (AvgIpc) is 2.53. The topological polar surface area (TPSA) is 111 Å². The summed E-state index contributed by atoms with van der Waals surface area (Å²) in [6.45, 7) is 3.15. The average molecular weight is 360 g/mol. The highest BCUT2D eigenvalue weighted by atomic mass is 31.2. The van der Waals surface area contributed by atoms with Gasteiger partial charge in [-0.25, -0.2) is 0 Å². The van der Waals surface area contributed by atoms with Crippen LogP contribution in [0.15, 0.2) is 24.3 Å². The number of hydrogen-bond donors (Lipinski definition) is 0. The Morgan fingerprint density at radius 2 is 1.71 bits per heavy atom. The zero-order chi connectivity index (χ0) is 18.2. The smallest absolute Gasteiger partial charge is 0.211 e. The van der Waals surface area contributed by atoms with Gasteiger partial charge in [0.15, 0.2) is 6.03 Å². The van der Waals surface area contributed by atoms with Crippen molar-refractivity contribution < 1.29 is 28.6 Å². The van der Waals surface area contributed by atoms with Gasteiger partial charge in [0.25, 0.3) is 0 Å². The first-order valence-corrected chi connectivity index (χ1v) is 9.50. The van der Waals surface area contributed by atoms with Crippen LogP contribution in [0.4, 0.5) is 0 Å². The first-order valence-electron chi connectivity index (χ1n) is 7.62. The standard InChI is InChI=1S/C15H24NO7P/c1-4-22-15(23-5-2)24(19,20)11-13(10-16(17)18)12-6-8-14(21-3)9-7-12/h6-9,13,15H,4-5,10-11H2,1-3H3,(H,19,20)/p-1. The van der Waals surface area contributed by atoms with Gasteiger partial charge in [-0.15, -0.1) is 0 Å². The van der Waals surface area contributed by atoms with E-state index in [1.54, 1.807) is 38.1 Å². The molecule has 0 saturated heterocycles. The molecule has 0 fully saturated rings. The third-order valence-electron chi connectivity index (χ3n) is 3.37. The Kier molecular flexibility index (Phi) is 8.35. The fraction of sp³-hybridized carbons (Fsp3) is 0.600. The summed E-state index contributed by atoms with van der Waals surface area (Å²) < 4.78 is 27.8. The van der Waals surface area contributed by atoms with Gasteiger partial charge in [-0.05, 0) is 31.5 Å². The maximum atomic E-state index is 12.5. The first-order chi connectivity index (χ1) is 11.3. The van der Waals surface area contributed by atoms with Crippen LogP contribution in [0.1, 0.15) is 25.3 Å². The minimum absolute atomic E-state index is 0.166. The second-order valence-corrected chi connectivity index (χ2v) is 7.35. The van der Waals surface area contributed by atoms with Gasteiger partial charge < -0.3 is 23.7 Å². The quantitative estimate of drug-likeness (QED) is 0.257. The summed E-state index contributed by atoms with van der Waals surface area (Å²) in [6.07, 6.45) is -0.412. The molecule has 1 aromatic carbocycles. The highest BCUT2D eigenvalue weighted by molar-refractivity contribution is 7.57. The summed E-state index contributed by atoms with van der Waals surface area (Å²) in [6, 6.07) is 5.15. The molecule has 2 atom stereocenters. The van der Waals surface area contributed by atoms with Crippen LogP contribution >= 0.6 is 7.37 Å². The molecule has 0 aromatic heterocycles. The summed E-state index contributed by atoms with van der Waals surface area (Å²) in [7, 11) is -2.66. The molecule has 0 radical (unpaired) electrons. The molecule has 0 heterocycles. The van der Waals surface area contributed by atoms with Crippen molar-refractivity contribution in [3.63, 3.8) is 0 Å². The minimum atomic E-state index is -4.16. The summed E-state index contributed by atoms with van der Waals surface area (Å²) in [5.41, 5.74) is 0.551. The monoisotopic (exact) mass is 360 g/mol. The normalized spacial score (nSPS) is 15.0. The molecule has 24 heavy (non-hydrogen) atoms. The molecule has 9 heteroatoms. The van der Waals surface area contributed by atoms with Crippen molar-refractivity contribution in [2.75, 3.05) is 33.0 Å². The molecule has 1 aromatic rings. The highest BCUT2D eigenvalue weighted by Crippen LogP contribution is 2.46. The zero-order valence-electron chi connectivity index (χ0n) is 14.0. The van der Waals surface area contributed by atoms with Crippen LogP contribution in [0.2, 0.25) is 0 Å². The lowest BCUT2D eigenvalue weighted by Crippen LogP contribution is -2.29. The SMILES string of the molecule is CCOC(OCC)P(=O)([O-])CC(C[N+](=O)[O-])c1ccc(OC)cc1. The molecule has 136 valence electrons. The fourth-order valence-electron chi connectivity index (χ4n) is 2.28. The molecule has 8 nitrogen and oxygen atoms in total. The molecule has 0 N–H and O–H groups in total. The van der Waals surface area contributed by atoms with E-state index in [4.69, 9.17) is 14.2 Å². The summed E-state index contributed by atoms with van der Waals surface area (Å²) >= 11 is 0. The van der Waals surface area contributed by atoms with E-state index in [9.17, 15) is 19.6 Å². The van der Waals surface area contributed by atoms with Crippen LogP contribution in [0.25, 0.3) is 0 Å². The maximum absolute atomic E-state index is 12.5. The van der Waals surface area contributed by atoms with Crippen LogP contribution in [0.3, 0.4) is 0 Å². The number of nitro groups is 1. The Morgan fingerprint density at radius 1 is 1.17 bits per heavy atom. The van der Waals surface area contributed by atoms with Gasteiger partial charge in [0, 0.05) is 24.3 Å². The summed E-state index contributed by atoms with van der Waals surface area (Å²) in [4.78, 5) is 22.9. The van der Waals surface area contributed by atoms with Crippen molar-refractivity contribution in [1.82, 2.24) is 0 Å². The Hall–Kier alpha value is -1.47. The molecule has 0 amide bonds. The Balaban J connectivity index is 3.02. The second kappa shape index (κ2) is 9.74. The molecule has 0 spiro atoms.